The first-order valence-electron chi connectivity index (χ1n) is 6.63. The summed E-state index contributed by atoms with van der Waals surface area (Å²) in [5.41, 5.74) is 0. The summed E-state index contributed by atoms with van der Waals surface area (Å²) >= 11 is 1.81. The predicted octanol–water partition coefficient (Wildman–Crippen LogP) is 2.71. The molecule has 1 aromatic rings. The fourth-order valence-corrected chi connectivity index (χ4v) is 3.27. The minimum Gasteiger partial charge on any atom is -0.469 e. The summed E-state index contributed by atoms with van der Waals surface area (Å²) in [6.07, 6.45) is 5.25. The lowest BCUT2D eigenvalue weighted by atomic mass is 9.99. The van der Waals surface area contributed by atoms with Gasteiger partial charge in [0.15, 0.2) is 0 Å². The van der Waals surface area contributed by atoms with E-state index in [9.17, 15) is 4.79 Å². The highest BCUT2D eigenvalue weighted by Gasteiger charge is 2.24. The quantitative estimate of drug-likeness (QED) is 0.768. The van der Waals surface area contributed by atoms with E-state index in [0.717, 1.165) is 25.9 Å². The fraction of sp³-hybridized carbons (Fsp3) is 0.643. The minimum absolute atomic E-state index is 0.0805. The van der Waals surface area contributed by atoms with Crippen molar-refractivity contribution in [2.45, 2.75) is 38.1 Å². The molecule has 3 nitrogen and oxygen atoms in total. The number of hydrogen-bond acceptors (Lipinski definition) is 4. The Labute approximate surface area is 113 Å². The molecule has 4 heteroatoms. The third-order valence-corrected chi connectivity index (χ3v) is 4.54. The lowest BCUT2D eigenvalue weighted by Gasteiger charge is -2.35. The smallest absolute Gasteiger partial charge is 0.307 e. The highest BCUT2D eigenvalue weighted by Crippen LogP contribution is 2.21. The third kappa shape index (κ3) is 3.82. The molecule has 2 rings (SSSR count). The van der Waals surface area contributed by atoms with Crippen LogP contribution in [0.25, 0.3) is 0 Å². The van der Waals surface area contributed by atoms with Crippen LogP contribution in [0.1, 0.15) is 30.6 Å². The van der Waals surface area contributed by atoms with E-state index in [-0.39, 0.29) is 5.97 Å². The number of thiophene rings is 1. The van der Waals surface area contributed by atoms with E-state index in [1.807, 2.05) is 11.3 Å². The number of rotatable bonds is 5. The number of ether oxygens (including phenoxy) is 1. The average Bonchev–Trinajstić information content (AvgIpc) is 2.91. The van der Waals surface area contributed by atoms with Crippen LogP contribution < -0.4 is 0 Å². The zero-order valence-corrected chi connectivity index (χ0v) is 11.7. The van der Waals surface area contributed by atoms with Gasteiger partial charge < -0.3 is 4.74 Å². The van der Waals surface area contributed by atoms with Crippen molar-refractivity contribution in [1.29, 1.82) is 0 Å². The molecule has 1 aliphatic rings. The molecule has 0 N–H and O–H groups in total. The highest BCUT2D eigenvalue weighted by molar-refractivity contribution is 7.09. The van der Waals surface area contributed by atoms with Crippen molar-refractivity contribution in [3.63, 3.8) is 0 Å². The molecular weight excluding hydrogens is 246 g/mol. The second kappa shape index (κ2) is 6.90. The molecule has 2 heterocycles. The molecule has 1 aromatic heterocycles. The molecule has 0 radical (unpaired) electrons. The summed E-state index contributed by atoms with van der Waals surface area (Å²) < 4.78 is 4.79. The second-order valence-electron chi connectivity index (χ2n) is 4.80. The number of esters is 1. The summed E-state index contributed by atoms with van der Waals surface area (Å²) in [4.78, 5) is 15.3. The van der Waals surface area contributed by atoms with Gasteiger partial charge in [-0.3, -0.25) is 9.69 Å². The zero-order valence-electron chi connectivity index (χ0n) is 10.9. The summed E-state index contributed by atoms with van der Waals surface area (Å²) in [5, 5.41) is 2.12. The topological polar surface area (TPSA) is 29.5 Å². The molecule has 0 bridgehead atoms. The van der Waals surface area contributed by atoms with Gasteiger partial charge in [-0.1, -0.05) is 12.5 Å². The number of hydrogen-bond donors (Lipinski definition) is 0. The van der Waals surface area contributed by atoms with Crippen LogP contribution in [0.2, 0.25) is 0 Å². The summed E-state index contributed by atoms with van der Waals surface area (Å²) in [7, 11) is 1.47. The standard InChI is InChI=1S/C14H21NO2S/c1-17-14(16)11-12-5-2-3-8-15(12)9-7-13-6-4-10-18-13/h4,6,10,12H,2-3,5,7-9,11H2,1H3. The molecule has 1 unspecified atom stereocenters. The van der Waals surface area contributed by atoms with Gasteiger partial charge in [0.1, 0.15) is 0 Å². The minimum atomic E-state index is -0.0805. The normalized spacial score (nSPS) is 20.8. The molecule has 0 aromatic carbocycles. The molecule has 1 aliphatic heterocycles. The van der Waals surface area contributed by atoms with E-state index in [1.54, 1.807) is 0 Å². The fourth-order valence-electron chi connectivity index (χ4n) is 2.57. The van der Waals surface area contributed by atoms with Crippen LogP contribution in [0.4, 0.5) is 0 Å². The Balaban J connectivity index is 1.85. The molecule has 18 heavy (non-hydrogen) atoms. The van der Waals surface area contributed by atoms with Crippen molar-refractivity contribution in [2.24, 2.45) is 0 Å². The van der Waals surface area contributed by atoms with Crippen LogP contribution >= 0.6 is 11.3 Å². The maximum Gasteiger partial charge on any atom is 0.307 e. The number of carbonyl (C=O) groups excluding carboxylic acids is 1. The van der Waals surface area contributed by atoms with Crippen LogP contribution in [0, 0.1) is 0 Å². The van der Waals surface area contributed by atoms with Crippen molar-refractivity contribution >= 4 is 17.3 Å². The van der Waals surface area contributed by atoms with Crippen molar-refractivity contribution in [1.82, 2.24) is 4.90 Å². The summed E-state index contributed by atoms with van der Waals surface area (Å²) in [6.45, 7) is 2.18. The maximum atomic E-state index is 11.4. The summed E-state index contributed by atoms with van der Waals surface area (Å²) in [5.74, 6) is -0.0805. The zero-order chi connectivity index (χ0) is 12.8. The van der Waals surface area contributed by atoms with Crippen molar-refractivity contribution in [3.8, 4) is 0 Å². The van der Waals surface area contributed by atoms with E-state index in [4.69, 9.17) is 4.74 Å². The van der Waals surface area contributed by atoms with E-state index >= 15 is 0 Å². The van der Waals surface area contributed by atoms with E-state index in [2.05, 4.69) is 22.4 Å². The molecule has 1 fully saturated rings. The van der Waals surface area contributed by atoms with Crippen molar-refractivity contribution in [3.05, 3.63) is 22.4 Å². The van der Waals surface area contributed by atoms with Crippen LogP contribution in [0.15, 0.2) is 17.5 Å². The molecular formula is C14H21NO2S. The molecule has 0 aliphatic carbocycles. The Hall–Kier alpha value is -0.870. The Bertz CT molecular complexity index is 364. The van der Waals surface area contributed by atoms with Gasteiger partial charge in [-0.15, -0.1) is 11.3 Å². The van der Waals surface area contributed by atoms with Gasteiger partial charge >= 0.3 is 5.97 Å². The first-order chi connectivity index (χ1) is 8.79. The van der Waals surface area contributed by atoms with Crippen molar-refractivity contribution < 1.29 is 9.53 Å². The number of piperidine rings is 1. The first-order valence-corrected chi connectivity index (χ1v) is 7.51. The Morgan fingerprint density at radius 3 is 3.17 bits per heavy atom. The second-order valence-corrected chi connectivity index (χ2v) is 5.83. The first kappa shape index (κ1) is 13.6. The van der Waals surface area contributed by atoms with Gasteiger partial charge in [0, 0.05) is 17.5 Å². The van der Waals surface area contributed by atoms with E-state index in [1.165, 1.54) is 24.8 Å². The summed E-state index contributed by atoms with van der Waals surface area (Å²) in [6, 6.07) is 4.66. The van der Waals surface area contributed by atoms with Crippen LogP contribution in [0.3, 0.4) is 0 Å². The Kier molecular flexibility index (Phi) is 5.20. The highest BCUT2D eigenvalue weighted by atomic mass is 32.1. The van der Waals surface area contributed by atoms with Gasteiger partial charge in [0.2, 0.25) is 0 Å². The van der Waals surface area contributed by atoms with Crippen LogP contribution in [-0.4, -0.2) is 37.1 Å². The lowest BCUT2D eigenvalue weighted by Crippen LogP contribution is -2.42. The van der Waals surface area contributed by atoms with Crippen LogP contribution in [0.5, 0.6) is 0 Å². The molecule has 0 saturated carbocycles. The maximum absolute atomic E-state index is 11.4. The Morgan fingerprint density at radius 2 is 2.44 bits per heavy atom. The molecule has 1 atom stereocenters. The third-order valence-electron chi connectivity index (χ3n) is 3.60. The van der Waals surface area contributed by atoms with Crippen molar-refractivity contribution in [2.75, 3.05) is 20.2 Å². The molecule has 0 amide bonds. The predicted molar refractivity (Wildman–Crippen MR) is 73.9 cm³/mol. The van der Waals surface area contributed by atoms with Gasteiger partial charge in [0.05, 0.1) is 13.5 Å². The SMILES string of the molecule is COC(=O)CC1CCCCN1CCc1cccs1. The van der Waals surface area contributed by atoms with E-state index in [0.29, 0.717) is 12.5 Å². The van der Waals surface area contributed by atoms with Gasteiger partial charge in [-0.05, 0) is 37.3 Å². The van der Waals surface area contributed by atoms with Gasteiger partial charge in [-0.2, -0.15) is 0 Å². The average molecular weight is 267 g/mol. The lowest BCUT2D eigenvalue weighted by molar-refractivity contribution is -0.142. The molecule has 100 valence electrons. The van der Waals surface area contributed by atoms with Crippen LogP contribution in [-0.2, 0) is 16.0 Å². The number of carbonyl (C=O) groups is 1. The Morgan fingerprint density at radius 1 is 1.56 bits per heavy atom. The van der Waals surface area contributed by atoms with Gasteiger partial charge in [0.25, 0.3) is 0 Å². The monoisotopic (exact) mass is 267 g/mol. The van der Waals surface area contributed by atoms with Gasteiger partial charge in [-0.25, -0.2) is 0 Å². The number of nitrogens with zero attached hydrogens (tertiary/aromatic N) is 1. The molecule has 0 spiro atoms. The molecule has 1 saturated heterocycles. The number of methoxy groups -OCH3 is 1. The number of likely N-dealkylation sites (tertiary alicyclic amines) is 1. The van der Waals surface area contributed by atoms with E-state index < -0.39 is 0 Å². The largest absolute Gasteiger partial charge is 0.469 e.